The monoisotopic (exact) mass is 402 g/mol. The summed E-state index contributed by atoms with van der Waals surface area (Å²) < 4.78 is 2.05. The van der Waals surface area contributed by atoms with Gasteiger partial charge in [-0.15, -0.1) is 10.2 Å². The molecule has 8 nitrogen and oxygen atoms in total. The Morgan fingerprint density at radius 1 is 1.07 bits per heavy atom. The van der Waals surface area contributed by atoms with E-state index >= 15 is 0 Å². The molecular formula is C22H26N8. The summed E-state index contributed by atoms with van der Waals surface area (Å²) in [5, 5.41) is 19.1. The maximum Gasteiger partial charge on any atom is 0.206 e. The Hall–Kier alpha value is -3.42. The first-order valence-electron chi connectivity index (χ1n) is 10.4. The number of hydrogen-bond acceptors (Lipinski definition) is 6. The van der Waals surface area contributed by atoms with E-state index in [2.05, 4.69) is 75.3 Å². The van der Waals surface area contributed by atoms with Crippen molar-refractivity contribution in [1.29, 1.82) is 0 Å². The number of H-pyrrole nitrogens is 1. The van der Waals surface area contributed by atoms with Crippen LogP contribution in [0.3, 0.4) is 0 Å². The number of nitrogens with zero attached hydrogens (tertiary/aromatic N) is 7. The Kier molecular flexibility index (Phi) is 5.92. The molecule has 0 fully saturated rings. The Bertz CT molecular complexity index is 1080. The van der Waals surface area contributed by atoms with E-state index in [1.54, 1.807) is 12.4 Å². The van der Waals surface area contributed by atoms with Gasteiger partial charge >= 0.3 is 0 Å². The molecule has 4 aromatic rings. The molecule has 8 heteroatoms. The minimum Gasteiger partial charge on any atom is -0.264 e. The van der Waals surface area contributed by atoms with Crippen molar-refractivity contribution >= 4 is 0 Å². The number of aryl methyl sites for hydroxylation is 1. The summed E-state index contributed by atoms with van der Waals surface area (Å²) in [6, 6.07) is 10.5. The number of hydrogen-bond donors (Lipinski definition) is 1. The summed E-state index contributed by atoms with van der Waals surface area (Å²) >= 11 is 0. The quantitative estimate of drug-likeness (QED) is 0.478. The van der Waals surface area contributed by atoms with Gasteiger partial charge in [0.15, 0.2) is 5.82 Å². The third-order valence-electron chi connectivity index (χ3n) is 5.30. The van der Waals surface area contributed by atoms with Crippen LogP contribution in [-0.2, 0) is 13.0 Å². The fraction of sp³-hybridized carbons (Fsp3) is 0.364. The first-order valence-corrected chi connectivity index (χ1v) is 10.4. The zero-order chi connectivity index (χ0) is 20.9. The lowest BCUT2D eigenvalue weighted by Crippen LogP contribution is -2.07. The lowest BCUT2D eigenvalue weighted by atomic mass is 10.00. The molecule has 0 spiro atoms. The summed E-state index contributed by atoms with van der Waals surface area (Å²) in [4.78, 5) is 9.00. The highest BCUT2D eigenvalue weighted by molar-refractivity contribution is 5.79. The van der Waals surface area contributed by atoms with Crippen molar-refractivity contribution < 1.29 is 0 Å². The number of benzene rings is 1. The number of aromatic amines is 1. The average Bonchev–Trinajstić information content (AvgIpc) is 3.45. The van der Waals surface area contributed by atoms with Gasteiger partial charge in [0.25, 0.3) is 0 Å². The van der Waals surface area contributed by atoms with Gasteiger partial charge in [-0.2, -0.15) is 10.3 Å². The third kappa shape index (κ3) is 4.12. The highest BCUT2D eigenvalue weighted by Gasteiger charge is 2.15. The summed E-state index contributed by atoms with van der Waals surface area (Å²) in [5.41, 5.74) is 4.13. The molecule has 0 radical (unpaired) electrons. The minimum atomic E-state index is 0.375. The van der Waals surface area contributed by atoms with Crippen LogP contribution in [0, 0.1) is 0 Å². The molecule has 1 aromatic carbocycles. The Morgan fingerprint density at radius 3 is 2.60 bits per heavy atom. The van der Waals surface area contributed by atoms with E-state index in [4.69, 9.17) is 10.1 Å². The van der Waals surface area contributed by atoms with Crippen molar-refractivity contribution in [2.45, 2.75) is 52.5 Å². The fourth-order valence-electron chi connectivity index (χ4n) is 3.38. The van der Waals surface area contributed by atoms with Gasteiger partial charge in [-0.25, -0.2) is 9.67 Å². The predicted octanol–water partition coefficient (Wildman–Crippen LogP) is 4.03. The largest absolute Gasteiger partial charge is 0.264 e. The van der Waals surface area contributed by atoms with Crippen molar-refractivity contribution in [1.82, 2.24) is 40.4 Å². The molecule has 0 saturated heterocycles. The summed E-state index contributed by atoms with van der Waals surface area (Å²) in [7, 11) is 0. The Labute approximate surface area is 175 Å². The van der Waals surface area contributed by atoms with Crippen LogP contribution in [0.15, 0.2) is 42.7 Å². The van der Waals surface area contributed by atoms with Crippen LogP contribution in [0.1, 0.15) is 56.7 Å². The number of nitrogens with one attached hydrogen (secondary N) is 1. The van der Waals surface area contributed by atoms with Crippen molar-refractivity contribution in [2.75, 3.05) is 0 Å². The number of tetrazole rings is 1. The molecule has 0 bridgehead atoms. The smallest absolute Gasteiger partial charge is 0.206 e. The lowest BCUT2D eigenvalue weighted by Gasteiger charge is -2.09. The minimum absolute atomic E-state index is 0.375. The molecule has 1 unspecified atom stereocenters. The zero-order valence-corrected chi connectivity index (χ0v) is 17.6. The third-order valence-corrected chi connectivity index (χ3v) is 5.30. The Morgan fingerprint density at radius 2 is 1.90 bits per heavy atom. The van der Waals surface area contributed by atoms with Crippen LogP contribution in [0.4, 0.5) is 0 Å². The molecule has 1 N–H and O–H groups in total. The standard InChI is InChI=1S/C22H26N8/c1-4-6-20-24-21(15(3)5-2)27-30(20)14-16-7-9-17(10-8-16)18-11-12-23-13-19(18)22-25-28-29-26-22/h7-13,15H,4-6,14H2,1-3H3,(H,25,26,28,29). The second-order valence-corrected chi connectivity index (χ2v) is 7.46. The SMILES string of the molecule is CCCc1nc(C(C)CC)nn1Cc1ccc(-c2ccncc2-c2nn[nH]n2)cc1. The van der Waals surface area contributed by atoms with E-state index < -0.39 is 0 Å². The van der Waals surface area contributed by atoms with Gasteiger partial charge in [-0.1, -0.05) is 45.0 Å². The van der Waals surface area contributed by atoms with Gasteiger partial charge in [-0.3, -0.25) is 4.98 Å². The highest BCUT2D eigenvalue weighted by Crippen LogP contribution is 2.29. The number of aromatic nitrogens is 8. The van der Waals surface area contributed by atoms with Crippen LogP contribution < -0.4 is 0 Å². The van der Waals surface area contributed by atoms with Crippen LogP contribution >= 0.6 is 0 Å². The highest BCUT2D eigenvalue weighted by atomic mass is 15.5. The van der Waals surface area contributed by atoms with Gasteiger partial charge in [-0.05, 0) is 40.8 Å². The van der Waals surface area contributed by atoms with E-state index in [9.17, 15) is 0 Å². The number of pyridine rings is 1. The van der Waals surface area contributed by atoms with Crippen molar-refractivity contribution in [3.05, 3.63) is 59.9 Å². The second kappa shape index (κ2) is 8.94. The van der Waals surface area contributed by atoms with E-state index in [1.165, 1.54) is 5.56 Å². The molecule has 0 saturated carbocycles. The molecule has 154 valence electrons. The first kappa shape index (κ1) is 19.9. The second-order valence-electron chi connectivity index (χ2n) is 7.46. The van der Waals surface area contributed by atoms with Crippen LogP contribution in [0.25, 0.3) is 22.5 Å². The van der Waals surface area contributed by atoms with Gasteiger partial charge < -0.3 is 0 Å². The first-order chi connectivity index (χ1) is 14.7. The predicted molar refractivity (Wildman–Crippen MR) is 115 cm³/mol. The molecule has 3 aromatic heterocycles. The van der Waals surface area contributed by atoms with Crippen LogP contribution in [-0.4, -0.2) is 40.4 Å². The van der Waals surface area contributed by atoms with Crippen LogP contribution in [0.5, 0.6) is 0 Å². The summed E-state index contributed by atoms with van der Waals surface area (Å²) in [5.74, 6) is 2.91. The van der Waals surface area contributed by atoms with Gasteiger partial charge in [0.05, 0.1) is 6.54 Å². The van der Waals surface area contributed by atoms with E-state index in [0.29, 0.717) is 18.3 Å². The molecule has 30 heavy (non-hydrogen) atoms. The molecule has 3 heterocycles. The zero-order valence-electron chi connectivity index (χ0n) is 17.6. The molecule has 1 atom stereocenters. The Balaban J connectivity index is 1.59. The van der Waals surface area contributed by atoms with Crippen LogP contribution in [0.2, 0.25) is 0 Å². The van der Waals surface area contributed by atoms with E-state index in [0.717, 1.165) is 47.6 Å². The topological polar surface area (TPSA) is 98.1 Å². The van der Waals surface area contributed by atoms with Crippen molar-refractivity contribution in [2.24, 2.45) is 0 Å². The maximum atomic E-state index is 4.79. The summed E-state index contributed by atoms with van der Waals surface area (Å²) in [6.07, 6.45) is 6.57. The fourth-order valence-corrected chi connectivity index (χ4v) is 3.38. The van der Waals surface area contributed by atoms with E-state index in [-0.39, 0.29) is 0 Å². The molecule has 0 aliphatic rings. The molecular weight excluding hydrogens is 376 g/mol. The molecule has 0 amide bonds. The molecule has 0 aliphatic heterocycles. The van der Waals surface area contributed by atoms with E-state index in [1.807, 2.05) is 6.07 Å². The van der Waals surface area contributed by atoms with Gasteiger partial charge in [0.2, 0.25) is 5.82 Å². The molecule has 4 rings (SSSR count). The van der Waals surface area contributed by atoms with Gasteiger partial charge in [0, 0.05) is 30.3 Å². The summed E-state index contributed by atoms with van der Waals surface area (Å²) in [6.45, 7) is 7.24. The average molecular weight is 403 g/mol. The number of rotatable bonds is 8. The van der Waals surface area contributed by atoms with Gasteiger partial charge in [0.1, 0.15) is 5.82 Å². The maximum absolute atomic E-state index is 4.79. The normalized spacial score (nSPS) is 12.2. The van der Waals surface area contributed by atoms with Crippen molar-refractivity contribution in [3.63, 3.8) is 0 Å². The lowest BCUT2D eigenvalue weighted by molar-refractivity contribution is 0.609. The molecule has 0 aliphatic carbocycles. The van der Waals surface area contributed by atoms with Crippen molar-refractivity contribution in [3.8, 4) is 22.5 Å².